The molecule has 0 radical (unpaired) electrons. The topological polar surface area (TPSA) is 102 Å². The molecule has 0 aliphatic carbocycles. The van der Waals surface area contributed by atoms with Gasteiger partial charge in [-0.25, -0.2) is 13.1 Å². The summed E-state index contributed by atoms with van der Waals surface area (Å²) in [5.74, 6) is -0.147. The Morgan fingerprint density at radius 3 is 2.79 bits per heavy atom. The van der Waals surface area contributed by atoms with Gasteiger partial charge in [0, 0.05) is 6.54 Å². The average Bonchev–Trinajstić information content (AvgIpc) is 2.36. The van der Waals surface area contributed by atoms with Crippen LogP contribution in [0.1, 0.15) is 6.42 Å². The van der Waals surface area contributed by atoms with E-state index < -0.39 is 10.0 Å². The van der Waals surface area contributed by atoms with Crippen molar-refractivity contribution in [3.63, 3.8) is 0 Å². The summed E-state index contributed by atoms with van der Waals surface area (Å²) in [5, 5.41) is 9.24. The molecular formula is C12H18N2O4S. The molecule has 0 heterocycles. The molecule has 0 unspecified atom stereocenters. The van der Waals surface area contributed by atoms with Gasteiger partial charge in [-0.15, -0.1) is 6.58 Å². The number of hydrogen-bond acceptors (Lipinski definition) is 5. The summed E-state index contributed by atoms with van der Waals surface area (Å²) < 4.78 is 31.3. The average molecular weight is 286 g/mol. The number of rotatable bonds is 8. The second kappa shape index (κ2) is 7.13. The maximum Gasteiger partial charge on any atom is 0.240 e. The summed E-state index contributed by atoms with van der Waals surface area (Å²) in [6, 6.07) is 3.73. The molecule has 106 valence electrons. The number of nitrogen functional groups attached to an aromatic ring is 1. The molecular weight excluding hydrogens is 268 g/mol. The zero-order chi connectivity index (χ0) is 14.3. The first-order chi connectivity index (χ1) is 8.97. The minimum absolute atomic E-state index is 0.00823. The first-order valence-corrected chi connectivity index (χ1v) is 7.22. The molecule has 0 bridgehead atoms. The number of sulfonamides is 1. The van der Waals surface area contributed by atoms with E-state index in [1.165, 1.54) is 18.2 Å². The molecule has 0 fully saturated rings. The summed E-state index contributed by atoms with van der Waals surface area (Å²) in [4.78, 5) is 0.00823. The maximum atomic E-state index is 11.9. The minimum atomic E-state index is -3.63. The summed E-state index contributed by atoms with van der Waals surface area (Å²) in [6.45, 7) is 4.51. The monoisotopic (exact) mass is 286 g/mol. The van der Waals surface area contributed by atoms with E-state index in [0.717, 1.165) is 6.42 Å². The molecule has 1 aromatic carbocycles. The fraction of sp³-hybridized carbons (Fsp3) is 0.333. The fourth-order valence-electron chi connectivity index (χ4n) is 1.30. The van der Waals surface area contributed by atoms with Gasteiger partial charge >= 0.3 is 0 Å². The van der Waals surface area contributed by atoms with E-state index in [-0.39, 0.29) is 29.5 Å². The Morgan fingerprint density at radius 1 is 1.42 bits per heavy atom. The van der Waals surface area contributed by atoms with Gasteiger partial charge in [0.1, 0.15) is 5.75 Å². The van der Waals surface area contributed by atoms with Gasteiger partial charge in [0.15, 0.2) is 0 Å². The number of phenolic OH excluding ortho intramolecular Hbond substituents is 1. The van der Waals surface area contributed by atoms with E-state index in [0.29, 0.717) is 6.61 Å². The molecule has 0 aliphatic heterocycles. The van der Waals surface area contributed by atoms with Gasteiger partial charge in [-0.1, -0.05) is 6.08 Å². The van der Waals surface area contributed by atoms with Crippen LogP contribution in [0.15, 0.2) is 35.7 Å². The molecule has 0 amide bonds. The number of anilines is 1. The van der Waals surface area contributed by atoms with Crippen LogP contribution in [0.4, 0.5) is 5.69 Å². The summed E-state index contributed by atoms with van der Waals surface area (Å²) >= 11 is 0. The van der Waals surface area contributed by atoms with Crippen molar-refractivity contribution in [3.8, 4) is 5.75 Å². The highest BCUT2D eigenvalue weighted by Gasteiger charge is 2.14. The number of aromatic hydroxyl groups is 1. The van der Waals surface area contributed by atoms with Crippen LogP contribution in [0.25, 0.3) is 0 Å². The van der Waals surface area contributed by atoms with E-state index in [9.17, 15) is 13.5 Å². The van der Waals surface area contributed by atoms with Crippen LogP contribution in [0.3, 0.4) is 0 Å². The third-order valence-electron chi connectivity index (χ3n) is 2.31. The van der Waals surface area contributed by atoms with Gasteiger partial charge in [0.25, 0.3) is 0 Å². The van der Waals surface area contributed by atoms with Gasteiger partial charge in [-0.05, 0) is 24.6 Å². The van der Waals surface area contributed by atoms with Crippen LogP contribution < -0.4 is 10.5 Å². The first-order valence-electron chi connectivity index (χ1n) is 5.74. The van der Waals surface area contributed by atoms with Crippen molar-refractivity contribution in [1.82, 2.24) is 4.72 Å². The van der Waals surface area contributed by atoms with E-state index in [1.807, 2.05) is 0 Å². The predicted molar refractivity (Wildman–Crippen MR) is 73.3 cm³/mol. The van der Waals surface area contributed by atoms with Crippen LogP contribution in [0.2, 0.25) is 0 Å². The molecule has 6 nitrogen and oxygen atoms in total. The van der Waals surface area contributed by atoms with Crippen molar-refractivity contribution in [2.75, 3.05) is 25.5 Å². The Bertz CT molecular complexity index is 529. The molecule has 19 heavy (non-hydrogen) atoms. The second-order valence-corrected chi connectivity index (χ2v) is 5.58. The van der Waals surface area contributed by atoms with Gasteiger partial charge in [0.05, 0.1) is 23.8 Å². The summed E-state index contributed by atoms with van der Waals surface area (Å²) in [5.41, 5.74) is 5.47. The molecule has 0 aromatic heterocycles. The molecule has 1 rings (SSSR count). The standard InChI is InChI=1S/C12H18N2O4S/c1-2-3-7-18-8-6-14-19(16,17)10-4-5-12(15)11(13)9-10/h2,4-5,9,14-15H,1,3,6-8,13H2. The van der Waals surface area contributed by atoms with Crippen molar-refractivity contribution in [3.05, 3.63) is 30.9 Å². The van der Waals surface area contributed by atoms with E-state index in [4.69, 9.17) is 10.5 Å². The molecule has 0 spiro atoms. The Morgan fingerprint density at radius 2 is 2.16 bits per heavy atom. The molecule has 1 aromatic rings. The van der Waals surface area contributed by atoms with Crippen molar-refractivity contribution in [2.45, 2.75) is 11.3 Å². The van der Waals surface area contributed by atoms with Crippen LogP contribution >= 0.6 is 0 Å². The smallest absolute Gasteiger partial charge is 0.240 e. The fourth-order valence-corrected chi connectivity index (χ4v) is 2.35. The highest BCUT2D eigenvalue weighted by atomic mass is 32.2. The maximum absolute atomic E-state index is 11.9. The lowest BCUT2D eigenvalue weighted by Crippen LogP contribution is -2.27. The quantitative estimate of drug-likeness (QED) is 0.284. The van der Waals surface area contributed by atoms with Gasteiger partial charge in [-0.2, -0.15) is 0 Å². The lowest BCUT2D eigenvalue weighted by molar-refractivity contribution is 0.144. The third-order valence-corrected chi connectivity index (χ3v) is 3.77. The molecule has 7 heteroatoms. The molecule has 0 saturated heterocycles. The first kappa shape index (κ1) is 15.5. The summed E-state index contributed by atoms with van der Waals surface area (Å²) in [6.07, 6.45) is 2.45. The Labute approximate surface area is 112 Å². The number of ether oxygens (including phenoxy) is 1. The number of benzene rings is 1. The Hall–Kier alpha value is -1.57. The zero-order valence-corrected chi connectivity index (χ0v) is 11.3. The van der Waals surface area contributed by atoms with E-state index in [2.05, 4.69) is 11.3 Å². The van der Waals surface area contributed by atoms with Gasteiger partial charge < -0.3 is 15.6 Å². The van der Waals surface area contributed by atoms with Crippen molar-refractivity contribution in [2.24, 2.45) is 0 Å². The molecule has 0 atom stereocenters. The lowest BCUT2D eigenvalue weighted by atomic mass is 10.3. The lowest BCUT2D eigenvalue weighted by Gasteiger charge is -2.08. The Balaban J connectivity index is 2.51. The largest absolute Gasteiger partial charge is 0.506 e. The van der Waals surface area contributed by atoms with Crippen molar-refractivity contribution >= 4 is 15.7 Å². The van der Waals surface area contributed by atoms with Crippen LogP contribution in [-0.4, -0.2) is 33.3 Å². The highest BCUT2D eigenvalue weighted by molar-refractivity contribution is 7.89. The minimum Gasteiger partial charge on any atom is -0.506 e. The van der Waals surface area contributed by atoms with Crippen LogP contribution in [-0.2, 0) is 14.8 Å². The van der Waals surface area contributed by atoms with E-state index >= 15 is 0 Å². The highest BCUT2D eigenvalue weighted by Crippen LogP contribution is 2.22. The zero-order valence-electron chi connectivity index (χ0n) is 10.5. The molecule has 4 N–H and O–H groups in total. The predicted octanol–water partition coefficient (Wildman–Crippen LogP) is 0.845. The van der Waals surface area contributed by atoms with Crippen LogP contribution in [0.5, 0.6) is 5.75 Å². The second-order valence-electron chi connectivity index (χ2n) is 3.81. The normalized spacial score (nSPS) is 11.4. The van der Waals surface area contributed by atoms with Crippen molar-refractivity contribution in [1.29, 1.82) is 0 Å². The molecule has 0 aliphatic rings. The SMILES string of the molecule is C=CCCOCCNS(=O)(=O)c1ccc(O)c(N)c1. The van der Waals surface area contributed by atoms with Crippen molar-refractivity contribution < 1.29 is 18.3 Å². The Kier molecular flexibility index (Phi) is 5.81. The number of nitrogens with one attached hydrogen (secondary N) is 1. The third kappa shape index (κ3) is 4.90. The number of nitrogens with two attached hydrogens (primary N) is 1. The van der Waals surface area contributed by atoms with Crippen LogP contribution in [0, 0.1) is 0 Å². The van der Waals surface area contributed by atoms with E-state index in [1.54, 1.807) is 6.08 Å². The summed E-state index contributed by atoms with van der Waals surface area (Å²) in [7, 11) is -3.63. The van der Waals surface area contributed by atoms with Gasteiger partial charge in [-0.3, -0.25) is 0 Å². The number of phenols is 1. The number of hydrogen-bond donors (Lipinski definition) is 3. The van der Waals surface area contributed by atoms with Gasteiger partial charge in [0.2, 0.25) is 10.0 Å². The molecule has 0 saturated carbocycles.